The van der Waals surface area contributed by atoms with E-state index in [0.717, 1.165) is 11.4 Å². The van der Waals surface area contributed by atoms with Crippen LogP contribution in [-0.4, -0.2) is 14.8 Å². The normalized spacial score (nSPS) is 10.5. The maximum atomic E-state index is 11.7. The van der Waals surface area contributed by atoms with Crippen molar-refractivity contribution in [2.24, 2.45) is 0 Å². The first-order valence-electron chi connectivity index (χ1n) is 4.73. The third-order valence-corrected chi connectivity index (χ3v) is 2.28. The average Bonchev–Trinajstić information content (AvgIpc) is 2.57. The molecule has 0 aliphatic rings. The summed E-state index contributed by atoms with van der Waals surface area (Å²) in [6.45, 7) is 1.94. The van der Waals surface area contributed by atoms with Crippen LogP contribution in [0.3, 0.4) is 0 Å². The van der Waals surface area contributed by atoms with Crippen molar-refractivity contribution in [3.8, 4) is 5.69 Å². The summed E-state index contributed by atoms with van der Waals surface area (Å²) in [6.07, 6.45) is 3.97. The van der Waals surface area contributed by atoms with Crippen LogP contribution in [0.2, 0.25) is 0 Å². The number of nitrogen functional groups attached to an aromatic ring is 1. The van der Waals surface area contributed by atoms with Gasteiger partial charge in [-0.25, -0.2) is 4.68 Å². The maximum absolute atomic E-state index is 11.7. The molecule has 5 nitrogen and oxygen atoms in total. The van der Waals surface area contributed by atoms with Gasteiger partial charge >= 0.3 is 0 Å². The number of H-pyrrole nitrogens is 1. The Morgan fingerprint density at radius 1 is 1.47 bits per heavy atom. The molecule has 0 aliphatic heterocycles. The smallest absolute Gasteiger partial charge is 0.294 e. The van der Waals surface area contributed by atoms with E-state index in [1.54, 1.807) is 24.5 Å². The van der Waals surface area contributed by atoms with Crippen LogP contribution in [0.5, 0.6) is 0 Å². The van der Waals surface area contributed by atoms with Crippen molar-refractivity contribution < 1.29 is 0 Å². The van der Waals surface area contributed by atoms with Gasteiger partial charge in [-0.3, -0.25) is 14.9 Å². The van der Waals surface area contributed by atoms with Gasteiger partial charge in [-0.1, -0.05) is 6.92 Å². The monoisotopic (exact) mass is 204 g/mol. The van der Waals surface area contributed by atoms with Gasteiger partial charge in [0.05, 0.1) is 11.4 Å². The molecular weight excluding hydrogens is 192 g/mol. The molecule has 0 amide bonds. The van der Waals surface area contributed by atoms with E-state index in [-0.39, 0.29) is 11.2 Å². The van der Waals surface area contributed by atoms with E-state index in [0.29, 0.717) is 6.42 Å². The lowest BCUT2D eigenvalue weighted by atomic mass is 10.3. The lowest BCUT2D eigenvalue weighted by molar-refractivity contribution is 0.817. The Kier molecular flexibility index (Phi) is 2.29. The van der Waals surface area contributed by atoms with E-state index < -0.39 is 0 Å². The molecule has 0 saturated heterocycles. The van der Waals surface area contributed by atoms with Crippen LogP contribution < -0.4 is 11.3 Å². The number of hydrogen-bond acceptors (Lipinski definition) is 3. The number of pyridine rings is 1. The van der Waals surface area contributed by atoms with Crippen LogP contribution in [0.15, 0.2) is 29.3 Å². The molecule has 0 aliphatic carbocycles. The number of aryl methyl sites for hydroxylation is 1. The van der Waals surface area contributed by atoms with Gasteiger partial charge in [0.1, 0.15) is 5.69 Å². The predicted molar refractivity (Wildman–Crippen MR) is 58.0 cm³/mol. The summed E-state index contributed by atoms with van der Waals surface area (Å²) < 4.78 is 1.43. The summed E-state index contributed by atoms with van der Waals surface area (Å²) in [5.74, 6) is 0. The average molecular weight is 204 g/mol. The maximum Gasteiger partial charge on any atom is 0.294 e. The summed E-state index contributed by atoms with van der Waals surface area (Å²) in [5, 5.41) is 2.97. The highest BCUT2D eigenvalue weighted by Gasteiger charge is 2.09. The molecule has 0 unspecified atom stereocenters. The van der Waals surface area contributed by atoms with Crippen molar-refractivity contribution in [2.45, 2.75) is 13.3 Å². The second-order valence-corrected chi connectivity index (χ2v) is 3.20. The fraction of sp³-hybridized carbons (Fsp3) is 0.200. The Labute approximate surface area is 86.5 Å². The number of aromatic amines is 1. The summed E-state index contributed by atoms with van der Waals surface area (Å²) in [4.78, 5) is 15.6. The Balaban J connectivity index is 2.60. The fourth-order valence-electron chi connectivity index (χ4n) is 1.44. The number of anilines is 1. The largest absolute Gasteiger partial charge is 0.393 e. The molecular formula is C10H12N4O. The highest BCUT2D eigenvalue weighted by molar-refractivity contribution is 5.44. The van der Waals surface area contributed by atoms with Crippen molar-refractivity contribution in [3.63, 3.8) is 0 Å². The first-order valence-corrected chi connectivity index (χ1v) is 4.73. The molecule has 15 heavy (non-hydrogen) atoms. The molecule has 0 saturated carbocycles. The number of hydrogen-bond donors (Lipinski definition) is 2. The van der Waals surface area contributed by atoms with Gasteiger partial charge in [0, 0.05) is 12.4 Å². The van der Waals surface area contributed by atoms with Crippen molar-refractivity contribution in [1.82, 2.24) is 14.8 Å². The predicted octanol–water partition coefficient (Wildman–Crippen LogP) is 0.705. The SMILES string of the molecule is CCc1[nH]n(-c2ccncc2)c(=O)c1N. The minimum absolute atomic E-state index is 0.210. The molecule has 0 fully saturated rings. The van der Waals surface area contributed by atoms with Gasteiger partial charge in [0.25, 0.3) is 5.56 Å². The molecule has 2 aromatic rings. The zero-order valence-electron chi connectivity index (χ0n) is 8.40. The van der Waals surface area contributed by atoms with E-state index in [2.05, 4.69) is 10.1 Å². The Morgan fingerprint density at radius 3 is 2.67 bits per heavy atom. The van der Waals surface area contributed by atoms with E-state index in [1.807, 2.05) is 6.92 Å². The van der Waals surface area contributed by atoms with Crippen LogP contribution in [0.1, 0.15) is 12.6 Å². The molecule has 0 spiro atoms. The lowest BCUT2D eigenvalue weighted by Gasteiger charge is -1.99. The zero-order valence-corrected chi connectivity index (χ0v) is 8.40. The lowest BCUT2D eigenvalue weighted by Crippen LogP contribution is -2.16. The third-order valence-electron chi connectivity index (χ3n) is 2.28. The van der Waals surface area contributed by atoms with Crippen LogP contribution >= 0.6 is 0 Å². The van der Waals surface area contributed by atoms with Gasteiger partial charge in [0.15, 0.2) is 0 Å². The Hall–Kier alpha value is -2.04. The molecule has 0 aromatic carbocycles. The van der Waals surface area contributed by atoms with E-state index in [9.17, 15) is 4.79 Å². The number of nitrogens with one attached hydrogen (secondary N) is 1. The Morgan fingerprint density at radius 2 is 2.13 bits per heavy atom. The first kappa shape index (κ1) is 9.51. The minimum atomic E-state index is -0.210. The van der Waals surface area contributed by atoms with Gasteiger partial charge in [-0.05, 0) is 18.6 Å². The van der Waals surface area contributed by atoms with Crippen LogP contribution in [-0.2, 0) is 6.42 Å². The van der Waals surface area contributed by atoms with Gasteiger partial charge in [-0.15, -0.1) is 0 Å². The van der Waals surface area contributed by atoms with Crippen molar-refractivity contribution in [1.29, 1.82) is 0 Å². The third kappa shape index (κ3) is 1.52. The fourth-order valence-corrected chi connectivity index (χ4v) is 1.44. The molecule has 0 bridgehead atoms. The molecule has 3 N–H and O–H groups in total. The van der Waals surface area contributed by atoms with Crippen LogP contribution in [0, 0.1) is 0 Å². The van der Waals surface area contributed by atoms with Crippen LogP contribution in [0.25, 0.3) is 5.69 Å². The zero-order chi connectivity index (χ0) is 10.8. The highest BCUT2D eigenvalue weighted by atomic mass is 16.1. The molecule has 2 aromatic heterocycles. The highest BCUT2D eigenvalue weighted by Crippen LogP contribution is 2.07. The topological polar surface area (TPSA) is 76.7 Å². The van der Waals surface area contributed by atoms with E-state index in [4.69, 9.17) is 5.73 Å². The van der Waals surface area contributed by atoms with Crippen molar-refractivity contribution in [3.05, 3.63) is 40.6 Å². The first-order chi connectivity index (χ1) is 7.24. The summed E-state index contributed by atoms with van der Waals surface area (Å²) >= 11 is 0. The molecule has 2 rings (SSSR count). The number of rotatable bonds is 2. The second-order valence-electron chi connectivity index (χ2n) is 3.20. The quantitative estimate of drug-likeness (QED) is 0.756. The Bertz CT molecular complexity index is 512. The summed E-state index contributed by atoms with van der Waals surface area (Å²) in [6, 6.07) is 3.49. The van der Waals surface area contributed by atoms with Crippen molar-refractivity contribution in [2.75, 3.05) is 5.73 Å². The molecule has 0 radical (unpaired) electrons. The molecule has 5 heteroatoms. The summed E-state index contributed by atoms with van der Waals surface area (Å²) in [5.41, 5.74) is 7.25. The number of nitrogens with two attached hydrogens (primary N) is 1. The summed E-state index contributed by atoms with van der Waals surface area (Å²) in [7, 11) is 0. The number of aromatic nitrogens is 3. The van der Waals surface area contributed by atoms with Gasteiger partial charge in [0.2, 0.25) is 0 Å². The van der Waals surface area contributed by atoms with E-state index in [1.165, 1.54) is 4.68 Å². The second kappa shape index (κ2) is 3.61. The van der Waals surface area contributed by atoms with Crippen molar-refractivity contribution >= 4 is 5.69 Å². The van der Waals surface area contributed by atoms with Gasteiger partial charge in [-0.2, -0.15) is 0 Å². The minimum Gasteiger partial charge on any atom is -0.393 e. The van der Waals surface area contributed by atoms with Crippen LogP contribution in [0.4, 0.5) is 5.69 Å². The molecule has 0 atom stereocenters. The number of nitrogens with zero attached hydrogens (tertiary/aromatic N) is 2. The van der Waals surface area contributed by atoms with E-state index >= 15 is 0 Å². The molecule has 2 heterocycles. The molecule has 78 valence electrons. The van der Waals surface area contributed by atoms with Gasteiger partial charge < -0.3 is 5.73 Å². The standard InChI is InChI=1S/C10H12N4O/c1-2-8-9(11)10(15)14(13-8)7-3-5-12-6-4-7/h3-6,13H,2,11H2,1H3.